The van der Waals surface area contributed by atoms with Crippen molar-refractivity contribution in [3.8, 4) is 5.75 Å². The lowest BCUT2D eigenvalue weighted by Gasteiger charge is -2.12. The lowest BCUT2D eigenvalue weighted by atomic mass is 10.1. The number of rotatable bonds is 6. The number of ether oxygens (including phenoxy) is 1. The van der Waals surface area contributed by atoms with E-state index in [9.17, 15) is 4.79 Å². The van der Waals surface area contributed by atoms with E-state index in [0.29, 0.717) is 30.2 Å². The maximum absolute atomic E-state index is 12.1. The molecule has 0 heterocycles. The molecule has 2 rings (SSSR count). The molecule has 2 aromatic carbocycles. The van der Waals surface area contributed by atoms with Crippen LogP contribution in [0.15, 0.2) is 36.4 Å². The fourth-order valence-corrected chi connectivity index (χ4v) is 2.78. The second kappa shape index (κ2) is 8.02. The first-order valence-corrected chi connectivity index (χ1v) is 8.10. The molecule has 0 saturated heterocycles. The number of hydrogen-bond donors (Lipinski definition) is 1. The van der Waals surface area contributed by atoms with Gasteiger partial charge >= 0.3 is 0 Å². The molecule has 122 valence electrons. The topological polar surface area (TPSA) is 38.3 Å². The SMILES string of the molecule is Cc1cc(C)c(NC(=O)CCCOc2ccccc2C)c(Cl)c1. The van der Waals surface area contributed by atoms with E-state index in [-0.39, 0.29) is 5.91 Å². The monoisotopic (exact) mass is 331 g/mol. The van der Waals surface area contributed by atoms with E-state index in [1.165, 1.54) is 0 Å². The largest absolute Gasteiger partial charge is 0.493 e. The van der Waals surface area contributed by atoms with Gasteiger partial charge in [0.25, 0.3) is 0 Å². The van der Waals surface area contributed by atoms with E-state index in [1.807, 2.05) is 57.2 Å². The normalized spacial score (nSPS) is 10.4. The van der Waals surface area contributed by atoms with Crippen molar-refractivity contribution in [1.29, 1.82) is 0 Å². The molecule has 0 radical (unpaired) electrons. The zero-order valence-corrected chi connectivity index (χ0v) is 14.5. The highest BCUT2D eigenvalue weighted by Crippen LogP contribution is 2.27. The van der Waals surface area contributed by atoms with Gasteiger partial charge in [0.15, 0.2) is 0 Å². The van der Waals surface area contributed by atoms with Gasteiger partial charge in [0.05, 0.1) is 17.3 Å². The third kappa shape index (κ3) is 5.00. The van der Waals surface area contributed by atoms with Gasteiger partial charge in [0, 0.05) is 6.42 Å². The van der Waals surface area contributed by atoms with Crippen molar-refractivity contribution in [2.75, 3.05) is 11.9 Å². The molecule has 0 atom stereocenters. The smallest absolute Gasteiger partial charge is 0.224 e. The highest BCUT2D eigenvalue weighted by Gasteiger charge is 2.09. The van der Waals surface area contributed by atoms with Gasteiger partial charge in [-0.25, -0.2) is 0 Å². The Balaban J connectivity index is 1.81. The number of benzene rings is 2. The number of aryl methyl sites for hydroxylation is 3. The number of hydrogen-bond acceptors (Lipinski definition) is 2. The van der Waals surface area contributed by atoms with E-state index in [4.69, 9.17) is 16.3 Å². The third-order valence-electron chi connectivity index (χ3n) is 3.60. The summed E-state index contributed by atoms with van der Waals surface area (Å²) in [4.78, 5) is 12.1. The summed E-state index contributed by atoms with van der Waals surface area (Å²) in [6.45, 7) is 6.44. The number of para-hydroxylation sites is 1. The summed E-state index contributed by atoms with van der Waals surface area (Å²) in [6, 6.07) is 11.7. The average Bonchev–Trinajstić information content (AvgIpc) is 2.49. The molecule has 1 N–H and O–H groups in total. The van der Waals surface area contributed by atoms with Crippen LogP contribution >= 0.6 is 11.6 Å². The minimum Gasteiger partial charge on any atom is -0.493 e. The predicted octanol–water partition coefficient (Wildman–Crippen LogP) is 5.06. The van der Waals surface area contributed by atoms with E-state index in [1.54, 1.807) is 0 Å². The van der Waals surface area contributed by atoms with Crippen LogP contribution in [0.25, 0.3) is 0 Å². The van der Waals surface area contributed by atoms with Crippen molar-refractivity contribution in [3.63, 3.8) is 0 Å². The lowest BCUT2D eigenvalue weighted by Crippen LogP contribution is -2.14. The molecule has 0 unspecified atom stereocenters. The Labute approximate surface area is 142 Å². The Kier molecular flexibility index (Phi) is 6.05. The summed E-state index contributed by atoms with van der Waals surface area (Å²) in [7, 11) is 0. The molecular weight excluding hydrogens is 310 g/mol. The van der Waals surface area contributed by atoms with Crippen LogP contribution in [0, 0.1) is 20.8 Å². The highest BCUT2D eigenvalue weighted by molar-refractivity contribution is 6.34. The molecule has 2 aromatic rings. The fraction of sp³-hybridized carbons (Fsp3) is 0.316. The molecule has 0 aliphatic carbocycles. The molecule has 0 bridgehead atoms. The second-order valence-electron chi connectivity index (χ2n) is 5.70. The fourth-order valence-electron chi connectivity index (χ4n) is 2.41. The summed E-state index contributed by atoms with van der Waals surface area (Å²) >= 11 is 6.20. The first-order valence-electron chi connectivity index (χ1n) is 7.72. The van der Waals surface area contributed by atoms with Gasteiger partial charge in [-0.15, -0.1) is 0 Å². The van der Waals surface area contributed by atoms with Gasteiger partial charge < -0.3 is 10.1 Å². The Morgan fingerprint density at radius 2 is 1.87 bits per heavy atom. The van der Waals surface area contributed by atoms with Crippen LogP contribution < -0.4 is 10.1 Å². The van der Waals surface area contributed by atoms with Crippen LogP contribution in [0.3, 0.4) is 0 Å². The molecule has 0 aliphatic heterocycles. The first kappa shape index (κ1) is 17.4. The standard InChI is InChI=1S/C19H22ClNO2/c1-13-11-15(3)19(16(20)12-13)21-18(22)9-6-10-23-17-8-5-4-7-14(17)2/h4-5,7-8,11-12H,6,9-10H2,1-3H3,(H,21,22). The Bertz CT molecular complexity index is 675. The van der Waals surface area contributed by atoms with Gasteiger partial charge in [-0.05, 0) is 56.0 Å². The number of anilines is 1. The average molecular weight is 332 g/mol. The van der Waals surface area contributed by atoms with Crippen molar-refractivity contribution in [2.45, 2.75) is 33.6 Å². The van der Waals surface area contributed by atoms with Crippen molar-refractivity contribution >= 4 is 23.2 Å². The minimum absolute atomic E-state index is 0.0489. The maximum atomic E-state index is 12.1. The van der Waals surface area contributed by atoms with Gasteiger partial charge in [-0.3, -0.25) is 4.79 Å². The lowest BCUT2D eigenvalue weighted by molar-refractivity contribution is -0.116. The van der Waals surface area contributed by atoms with E-state index in [2.05, 4.69) is 5.32 Å². The van der Waals surface area contributed by atoms with Crippen molar-refractivity contribution in [1.82, 2.24) is 0 Å². The maximum Gasteiger partial charge on any atom is 0.224 e. The Hall–Kier alpha value is -2.00. The Morgan fingerprint density at radius 1 is 1.13 bits per heavy atom. The molecule has 4 heteroatoms. The summed E-state index contributed by atoms with van der Waals surface area (Å²) in [5.74, 6) is 0.817. The summed E-state index contributed by atoms with van der Waals surface area (Å²) < 4.78 is 5.69. The number of carbonyl (C=O) groups excluding carboxylic acids is 1. The van der Waals surface area contributed by atoms with Crippen LogP contribution in [0.5, 0.6) is 5.75 Å². The summed E-state index contributed by atoms with van der Waals surface area (Å²) in [5.41, 5.74) is 3.85. The Morgan fingerprint density at radius 3 is 2.57 bits per heavy atom. The van der Waals surface area contributed by atoms with Crippen LogP contribution in [-0.4, -0.2) is 12.5 Å². The predicted molar refractivity (Wildman–Crippen MR) is 95.5 cm³/mol. The van der Waals surface area contributed by atoms with Gasteiger partial charge in [-0.1, -0.05) is 35.9 Å². The number of halogens is 1. The summed E-state index contributed by atoms with van der Waals surface area (Å²) in [6.07, 6.45) is 1.05. The molecule has 0 aliphatic rings. The van der Waals surface area contributed by atoms with E-state index in [0.717, 1.165) is 22.4 Å². The van der Waals surface area contributed by atoms with Crippen LogP contribution in [0.4, 0.5) is 5.69 Å². The molecular formula is C19H22ClNO2. The minimum atomic E-state index is -0.0489. The zero-order valence-electron chi connectivity index (χ0n) is 13.8. The quantitative estimate of drug-likeness (QED) is 0.751. The zero-order chi connectivity index (χ0) is 16.8. The first-order chi connectivity index (χ1) is 11.0. The highest BCUT2D eigenvalue weighted by atomic mass is 35.5. The van der Waals surface area contributed by atoms with Crippen molar-refractivity contribution < 1.29 is 9.53 Å². The molecule has 1 amide bonds. The van der Waals surface area contributed by atoms with Gasteiger partial charge in [-0.2, -0.15) is 0 Å². The number of amides is 1. The molecule has 0 saturated carbocycles. The number of nitrogens with one attached hydrogen (secondary N) is 1. The molecule has 0 spiro atoms. The molecule has 23 heavy (non-hydrogen) atoms. The van der Waals surface area contributed by atoms with Crippen LogP contribution in [0.2, 0.25) is 5.02 Å². The third-order valence-corrected chi connectivity index (χ3v) is 3.89. The molecule has 0 fully saturated rings. The molecule has 3 nitrogen and oxygen atoms in total. The van der Waals surface area contributed by atoms with Gasteiger partial charge in [0.2, 0.25) is 5.91 Å². The van der Waals surface area contributed by atoms with Crippen molar-refractivity contribution in [3.05, 3.63) is 58.1 Å². The van der Waals surface area contributed by atoms with Crippen LogP contribution in [0.1, 0.15) is 29.5 Å². The second-order valence-corrected chi connectivity index (χ2v) is 6.11. The number of carbonyl (C=O) groups is 1. The van der Waals surface area contributed by atoms with E-state index < -0.39 is 0 Å². The van der Waals surface area contributed by atoms with Gasteiger partial charge in [0.1, 0.15) is 5.75 Å². The summed E-state index contributed by atoms with van der Waals surface area (Å²) in [5, 5.41) is 3.47. The van der Waals surface area contributed by atoms with Crippen molar-refractivity contribution in [2.24, 2.45) is 0 Å². The van der Waals surface area contributed by atoms with E-state index >= 15 is 0 Å². The molecule has 0 aromatic heterocycles. The van der Waals surface area contributed by atoms with Crippen LogP contribution in [-0.2, 0) is 4.79 Å².